The molecule has 0 radical (unpaired) electrons. The molecule has 7 heteroatoms. The van der Waals surface area contributed by atoms with Gasteiger partial charge in [-0.15, -0.1) is 5.92 Å². The fourth-order valence-electron chi connectivity index (χ4n) is 2.30. The number of hydrogen-bond donors (Lipinski definition) is 2. The maximum Gasteiger partial charge on any atom is 0.240 e. The molecule has 2 N–H and O–H groups in total. The van der Waals surface area contributed by atoms with E-state index >= 15 is 0 Å². The van der Waals surface area contributed by atoms with Gasteiger partial charge >= 0.3 is 0 Å². The van der Waals surface area contributed by atoms with Crippen molar-refractivity contribution < 1.29 is 18.5 Å². The summed E-state index contributed by atoms with van der Waals surface area (Å²) < 4.78 is 25.4. The second-order valence-corrected chi connectivity index (χ2v) is 8.65. The number of nitrogens with one attached hydrogen (secondary N) is 2. The molecule has 0 heterocycles. The number of carbonyl (C=O) groups is 1. The number of ether oxygens (including phenoxy) is 2. The van der Waals surface area contributed by atoms with Crippen molar-refractivity contribution in [2.45, 2.75) is 32.7 Å². The molecule has 0 aliphatic heterocycles. The van der Waals surface area contributed by atoms with E-state index in [9.17, 15) is 9.00 Å². The first-order chi connectivity index (χ1) is 12.1. The van der Waals surface area contributed by atoms with Crippen molar-refractivity contribution >= 4 is 21.5 Å². The van der Waals surface area contributed by atoms with Crippen LogP contribution in [0.25, 0.3) is 0 Å². The molecule has 144 valence electrons. The highest BCUT2D eigenvalue weighted by molar-refractivity contribution is 7.97. The van der Waals surface area contributed by atoms with E-state index in [0.29, 0.717) is 31.1 Å². The molecule has 0 fully saturated rings. The maximum atomic E-state index is 12.3. The van der Waals surface area contributed by atoms with Crippen LogP contribution in [0.2, 0.25) is 0 Å². The molecule has 1 atom stereocenters. The molecule has 26 heavy (non-hydrogen) atoms. The highest BCUT2D eigenvalue weighted by Gasteiger charge is 2.28. The summed E-state index contributed by atoms with van der Waals surface area (Å²) in [5.74, 6) is 10.1. The van der Waals surface area contributed by atoms with Crippen molar-refractivity contribution in [2.75, 3.05) is 26.5 Å². The van der Waals surface area contributed by atoms with Crippen LogP contribution in [0.4, 0.5) is 0 Å². The monoisotopic (exact) mass is 380 g/mol. The highest BCUT2D eigenvalue weighted by atomic mass is 32.2. The summed E-state index contributed by atoms with van der Waals surface area (Å²) in [5.41, 5.74) is 0.0294. The Balaban J connectivity index is 2.64. The summed E-state index contributed by atoms with van der Waals surface area (Å²) in [4.78, 5) is 12.3. The van der Waals surface area contributed by atoms with Gasteiger partial charge in [-0.1, -0.05) is 12.0 Å². The fourth-order valence-corrected chi connectivity index (χ4v) is 3.47. The lowest BCUT2D eigenvalue weighted by Crippen LogP contribution is -2.54. The third-order valence-corrected chi connectivity index (χ3v) is 4.38. The second kappa shape index (κ2) is 9.51. The Morgan fingerprint density at radius 2 is 2.04 bits per heavy atom. The first kappa shape index (κ1) is 21.9. The molecule has 1 aromatic rings. The van der Waals surface area contributed by atoms with Crippen molar-refractivity contribution in [3.05, 3.63) is 23.8 Å². The van der Waals surface area contributed by atoms with Gasteiger partial charge in [-0.25, -0.2) is 4.72 Å². The van der Waals surface area contributed by atoms with E-state index in [1.807, 2.05) is 18.2 Å². The third kappa shape index (κ3) is 7.38. The smallest absolute Gasteiger partial charge is 0.240 e. The van der Waals surface area contributed by atoms with E-state index in [4.69, 9.17) is 9.47 Å². The van der Waals surface area contributed by atoms with Crippen LogP contribution < -0.4 is 19.5 Å². The van der Waals surface area contributed by atoms with E-state index in [-0.39, 0.29) is 5.91 Å². The van der Waals surface area contributed by atoms with Crippen LogP contribution in [0, 0.1) is 11.8 Å². The summed E-state index contributed by atoms with van der Waals surface area (Å²) in [7, 11) is -0.901. The molecule has 0 aliphatic carbocycles. The van der Waals surface area contributed by atoms with Crippen LogP contribution in [0.5, 0.6) is 11.5 Å². The van der Waals surface area contributed by atoms with Gasteiger partial charge < -0.3 is 14.8 Å². The second-order valence-electron chi connectivity index (χ2n) is 6.44. The normalized spacial score (nSPS) is 13.1. The molecule has 0 aliphatic rings. The zero-order valence-electron chi connectivity index (χ0n) is 16.1. The molecule has 1 rings (SSSR count). The molecule has 6 nitrogen and oxygen atoms in total. The summed E-state index contributed by atoms with van der Waals surface area (Å²) in [6.45, 7) is 5.84. The van der Waals surface area contributed by atoms with Gasteiger partial charge in [0.2, 0.25) is 5.91 Å². The zero-order valence-corrected chi connectivity index (χ0v) is 16.9. The molecule has 0 aromatic heterocycles. The van der Waals surface area contributed by atoms with Gasteiger partial charge in [0.1, 0.15) is 12.1 Å². The number of carbonyl (C=O) groups excluding carboxylic acids is 1. The standard InChI is InChI=1S/C19H28N2O4S/c1-7-8-13-25-16-10-9-15(14-17(16)24-4)11-12-20-18(22)19(2,3)21-26(5,6)23/h9-10,14H,5,11-13H2,1-4,6H3,(H,20,22)(H,21,23). The SMILES string of the molecule is C=S(C)(=O)NC(C)(C)C(=O)NCCc1ccc(OCC#CC)c(OC)c1. The predicted octanol–water partition coefficient (Wildman–Crippen LogP) is 1.39. The molecule has 0 saturated heterocycles. The van der Waals surface area contributed by atoms with Gasteiger partial charge in [0, 0.05) is 22.5 Å². The van der Waals surface area contributed by atoms with Crippen molar-refractivity contribution in [1.82, 2.24) is 10.0 Å². The van der Waals surface area contributed by atoms with Gasteiger partial charge in [0.15, 0.2) is 11.5 Å². The van der Waals surface area contributed by atoms with Gasteiger partial charge in [-0.05, 0) is 50.8 Å². The van der Waals surface area contributed by atoms with E-state index in [1.54, 1.807) is 27.9 Å². The molecule has 0 spiro atoms. The van der Waals surface area contributed by atoms with Crippen LogP contribution in [-0.2, 0) is 20.9 Å². The van der Waals surface area contributed by atoms with Gasteiger partial charge in [0.05, 0.1) is 7.11 Å². The topological polar surface area (TPSA) is 76.7 Å². The Morgan fingerprint density at radius 1 is 1.35 bits per heavy atom. The number of amides is 1. The maximum absolute atomic E-state index is 12.3. The molecule has 0 saturated carbocycles. The van der Waals surface area contributed by atoms with Crippen molar-refractivity contribution in [1.29, 1.82) is 0 Å². The molecule has 1 aromatic carbocycles. The third-order valence-electron chi connectivity index (χ3n) is 3.44. The quantitative estimate of drug-likeness (QED) is 0.501. The number of hydrogen-bond acceptors (Lipinski definition) is 4. The zero-order chi connectivity index (χ0) is 19.8. The van der Waals surface area contributed by atoms with Gasteiger partial charge in [-0.2, -0.15) is 0 Å². The Hall–Kier alpha value is -2.17. The lowest BCUT2D eigenvalue weighted by molar-refractivity contribution is -0.125. The Labute approximate surface area is 156 Å². The van der Waals surface area contributed by atoms with Crippen molar-refractivity contribution in [3.8, 4) is 23.3 Å². The Kier molecular flexibility index (Phi) is 8.00. The largest absolute Gasteiger partial charge is 0.493 e. The summed E-state index contributed by atoms with van der Waals surface area (Å²) >= 11 is 0. The summed E-state index contributed by atoms with van der Waals surface area (Å²) in [5, 5.41) is 2.84. The molecular formula is C19H28N2O4S. The van der Waals surface area contributed by atoms with Crippen LogP contribution in [0.3, 0.4) is 0 Å². The predicted molar refractivity (Wildman–Crippen MR) is 107 cm³/mol. The average Bonchev–Trinajstić information content (AvgIpc) is 2.53. The minimum Gasteiger partial charge on any atom is -0.493 e. The van der Waals surface area contributed by atoms with E-state index in [1.165, 1.54) is 6.26 Å². The fraction of sp³-hybridized carbons (Fsp3) is 0.474. The molecule has 0 bridgehead atoms. The highest BCUT2D eigenvalue weighted by Crippen LogP contribution is 2.28. The minimum absolute atomic E-state index is 0.235. The summed E-state index contributed by atoms with van der Waals surface area (Å²) in [6.07, 6.45) is 2.09. The lowest BCUT2D eigenvalue weighted by atomic mass is 10.1. The number of methoxy groups -OCH3 is 1. The lowest BCUT2D eigenvalue weighted by Gasteiger charge is -2.25. The van der Waals surface area contributed by atoms with E-state index < -0.39 is 15.2 Å². The van der Waals surface area contributed by atoms with Crippen molar-refractivity contribution in [3.63, 3.8) is 0 Å². The van der Waals surface area contributed by atoms with Crippen molar-refractivity contribution in [2.24, 2.45) is 0 Å². The first-order valence-corrected chi connectivity index (χ1v) is 10.3. The summed E-state index contributed by atoms with van der Waals surface area (Å²) in [6, 6.07) is 5.62. The Bertz CT molecular complexity index is 789. The van der Waals surface area contributed by atoms with Crippen LogP contribution >= 0.6 is 0 Å². The number of benzene rings is 1. The minimum atomic E-state index is -2.48. The van der Waals surface area contributed by atoms with Crippen LogP contribution in [0.1, 0.15) is 26.3 Å². The van der Waals surface area contributed by atoms with Gasteiger partial charge in [0.25, 0.3) is 0 Å². The number of rotatable bonds is 9. The van der Waals surface area contributed by atoms with E-state index in [0.717, 1.165) is 5.56 Å². The van der Waals surface area contributed by atoms with Crippen LogP contribution in [0.15, 0.2) is 18.2 Å². The van der Waals surface area contributed by atoms with Gasteiger partial charge in [-0.3, -0.25) is 9.00 Å². The van der Waals surface area contributed by atoms with E-state index in [2.05, 4.69) is 27.8 Å². The first-order valence-electron chi connectivity index (χ1n) is 8.18. The van der Waals surface area contributed by atoms with Crippen LogP contribution in [-0.4, -0.2) is 48.0 Å². The average molecular weight is 381 g/mol. The molecular weight excluding hydrogens is 352 g/mol. The Morgan fingerprint density at radius 3 is 2.62 bits per heavy atom. The molecule has 1 amide bonds. The molecule has 1 unspecified atom stereocenters.